The molecule has 3 aliphatic rings. The molecule has 3 saturated carbocycles. The second-order valence-electron chi connectivity index (χ2n) is 7.61. The predicted molar refractivity (Wildman–Crippen MR) is 90.3 cm³/mol. The first-order valence-electron chi connectivity index (χ1n) is 8.95. The number of amides is 1. The molecule has 0 aromatic carbocycles. The Morgan fingerprint density at radius 3 is 2.78 bits per heavy atom. The molecule has 3 fully saturated rings. The van der Waals surface area contributed by atoms with Crippen LogP contribution in [0.2, 0.25) is 0 Å². The fourth-order valence-corrected chi connectivity index (χ4v) is 5.50. The van der Waals surface area contributed by atoms with Crippen LogP contribution in [-0.4, -0.2) is 32.5 Å². The first-order valence-corrected chi connectivity index (χ1v) is 9.94. The second-order valence-corrected chi connectivity index (χ2v) is 8.56. The zero-order valence-corrected chi connectivity index (χ0v) is 14.8. The summed E-state index contributed by atoms with van der Waals surface area (Å²) >= 11 is 1.52. The van der Waals surface area contributed by atoms with E-state index in [0.717, 1.165) is 22.8 Å². The van der Waals surface area contributed by atoms with Gasteiger partial charge in [-0.3, -0.25) is 4.79 Å². The van der Waals surface area contributed by atoms with E-state index < -0.39 is 0 Å². The number of fused-ring (bicyclic) bond motifs is 2. The summed E-state index contributed by atoms with van der Waals surface area (Å²) in [6, 6.07) is 0.866. The van der Waals surface area contributed by atoms with Gasteiger partial charge in [0.15, 0.2) is 5.16 Å². The summed E-state index contributed by atoms with van der Waals surface area (Å²) in [6.07, 6.45) is 7.90. The SMILES string of the molecule is Cc1nnc(SCC(=O)NC(C)C2CC3CCC2C3)n1C1CC1. The van der Waals surface area contributed by atoms with Gasteiger partial charge < -0.3 is 9.88 Å². The molecule has 4 atom stereocenters. The zero-order chi connectivity index (χ0) is 16.0. The molecular weight excluding hydrogens is 308 g/mol. The molecule has 23 heavy (non-hydrogen) atoms. The molecule has 1 amide bonds. The van der Waals surface area contributed by atoms with Gasteiger partial charge in [0.1, 0.15) is 5.82 Å². The second kappa shape index (κ2) is 6.11. The monoisotopic (exact) mass is 334 g/mol. The van der Waals surface area contributed by atoms with Crippen LogP contribution >= 0.6 is 11.8 Å². The van der Waals surface area contributed by atoms with Gasteiger partial charge in [0.2, 0.25) is 5.91 Å². The molecule has 0 aliphatic heterocycles. The molecule has 126 valence electrons. The van der Waals surface area contributed by atoms with E-state index in [1.54, 1.807) is 0 Å². The number of hydrogen-bond acceptors (Lipinski definition) is 4. The van der Waals surface area contributed by atoms with Crippen molar-refractivity contribution in [3.63, 3.8) is 0 Å². The number of carbonyl (C=O) groups is 1. The van der Waals surface area contributed by atoms with Crippen LogP contribution in [0.4, 0.5) is 0 Å². The Bertz CT molecular complexity index is 597. The average Bonchev–Trinajstić information content (AvgIpc) is 2.96. The number of nitrogens with zero attached hydrogens (tertiary/aromatic N) is 3. The standard InChI is InChI=1S/C17H26N4OS/c1-10(15-8-12-3-4-13(15)7-12)18-16(22)9-23-17-20-19-11(2)21(17)14-5-6-14/h10,12-15H,3-9H2,1-2H3,(H,18,22). The topological polar surface area (TPSA) is 59.8 Å². The van der Waals surface area contributed by atoms with Crippen LogP contribution in [0.3, 0.4) is 0 Å². The van der Waals surface area contributed by atoms with Crippen molar-refractivity contribution in [2.24, 2.45) is 17.8 Å². The molecule has 3 aliphatic carbocycles. The highest BCUT2D eigenvalue weighted by atomic mass is 32.2. The summed E-state index contributed by atoms with van der Waals surface area (Å²) in [6.45, 7) is 4.18. The number of hydrogen-bond donors (Lipinski definition) is 1. The van der Waals surface area contributed by atoms with Gasteiger partial charge in [0, 0.05) is 12.1 Å². The third-order valence-electron chi connectivity index (χ3n) is 5.90. The van der Waals surface area contributed by atoms with Gasteiger partial charge in [0.05, 0.1) is 5.75 Å². The first kappa shape index (κ1) is 15.5. The molecule has 1 heterocycles. The van der Waals surface area contributed by atoms with E-state index in [-0.39, 0.29) is 5.91 Å². The van der Waals surface area contributed by atoms with Crippen molar-refractivity contribution in [3.05, 3.63) is 5.82 Å². The van der Waals surface area contributed by atoms with E-state index in [4.69, 9.17) is 0 Å². The lowest BCUT2D eigenvalue weighted by molar-refractivity contribution is -0.119. The Labute approximate surface area is 142 Å². The van der Waals surface area contributed by atoms with Crippen molar-refractivity contribution < 1.29 is 4.79 Å². The minimum absolute atomic E-state index is 0.133. The summed E-state index contributed by atoms with van der Waals surface area (Å²) in [5.74, 6) is 4.01. The molecule has 0 radical (unpaired) electrons. The number of aromatic nitrogens is 3. The van der Waals surface area contributed by atoms with E-state index in [2.05, 4.69) is 27.0 Å². The number of nitrogens with one attached hydrogen (secondary N) is 1. The molecule has 1 N–H and O–H groups in total. The highest BCUT2D eigenvalue weighted by Crippen LogP contribution is 2.49. The van der Waals surface area contributed by atoms with E-state index in [0.29, 0.717) is 23.8 Å². The Morgan fingerprint density at radius 2 is 2.13 bits per heavy atom. The highest BCUT2D eigenvalue weighted by molar-refractivity contribution is 7.99. The highest BCUT2D eigenvalue weighted by Gasteiger charge is 2.42. The lowest BCUT2D eigenvalue weighted by Crippen LogP contribution is -2.40. The minimum Gasteiger partial charge on any atom is -0.353 e. The van der Waals surface area contributed by atoms with Crippen LogP contribution in [0.1, 0.15) is 57.3 Å². The smallest absolute Gasteiger partial charge is 0.230 e. The largest absolute Gasteiger partial charge is 0.353 e. The van der Waals surface area contributed by atoms with E-state index in [1.165, 1.54) is 50.3 Å². The maximum absolute atomic E-state index is 12.3. The van der Waals surface area contributed by atoms with E-state index in [9.17, 15) is 4.79 Å². The molecule has 4 unspecified atom stereocenters. The normalized spacial score (nSPS) is 30.6. The zero-order valence-electron chi connectivity index (χ0n) is 14.0. The van der Waals surface area contributed by atoms with Crippen LogP contribution in [-0.2, 0) is 4.79 Å². The maximum Gasteiger partial charge on any atom is 0.230 e. The van der Waals surface area contributed by atoms with Crippen LogP contribution in [0.5, 0.6) is 0 Å². The van der Waals surface area contributed by atoms with Gasteiger partial charge in [-0.1, -0.05) is 18.2 Å². The van der Waals surface area contributed by atoms with Crippen molar-refractivity contribution in [3.8, 4) is 0 Å². The van der Waals surface area contributed by atoms with Crippen molar-refractivity contribution >= 4 is 17.7 Å². The van der Waals surface area contributed by atoms with E-state index in [1.807, 2.05) is 6.92 Å². The predicted octanol–water partition coefficient (Wildman–Crippen LogP) is 2.95. The molecule has 0 saturated heterocycles. The molecule has 2 bridgehead atoms. The lowest BCUT2D eigenvalue weighted by Gasteiger charge is -2.28. The van der Waals surface area contributed by atoms with Gasteiger partial charge in [-0.15, -0.1) is 10.2 Å². The Hall–Kier alpha value is -1.04. The van der Waals surface area contributed by atoms with E-state index >= 15 is 0 Å². The third-order valence-corrected chi connectivity index (χ3v) is 6.85. The molecule has 6 heteroatoms. The minimum atomic E-state index is 0.133. The number of rotatable bonds is 6. The Balaban J connectivity index is 1.29. The quantitative estimate of drug-likeness (QED) is 0.813. The molecule has 1 aromatic rings. The van der Waals surface area contributed by atoms with Crippen molar-refractivity contribution in [2.75, 3.05) is 5.75 Å². The summed E-state index contributed by atoms with van der Waals surface area (Å²) in [5, 5.41) is 12.5. The molecule has 1 aromatic heterocycles. The van der Waals surface area contributed by atoms with Gasteiger partial charge in [-0.05, 0) is 63.7 Å². The van der Waals surface area contributed by atoms with Crippen LogP contribution in [0.25, 0.3) is 0 Å². The molecule has 0 spiro atoms. The third kappa shape index (κ3) is 3.14. The van der Waals surface area contributed by atoms with Crippen molar-refractivity contribution in [2.45, 2.75) is 69.6 Å². The summed E-state index contributed by atoms with van der Waals surface area (Å²) in [4.78, 5) is 12.3. The first-order chi connectivity index (χ1) is 11.1. The van der Waals surface area contributed by atoms with Gasteiger partial charge in [-0.2, -0.15) is 0 Å². The maximum atomic E-state index is 12.3. The number of carbonyl (C=O) groups excluding carboxylic acids is 1. The van der Waals surface area contributed by atoms with Gasteiger partial charge in [0.25, 0.3) is 0 Å². The summed E-state index contributed by atoms with van der Waals surface area (Å²) in [7, 11) is 0. The fourth-order valence-electron chi connectivity index (χ4n) is 4.64. The Morgan fingerprint density at radius 1 is 1.30 bits per heavy atom. The summed E-state index contributed by atoms with van der Waals surface area (Å²) in [5.41, 5.74) is 0. The van der Waals surface area contributed by atoms with Crippen LogP contribution in [0.15, 0.2) is 5.16 Å². The van der Waals surface area contributed by atoms with Crippen LogP contribution < -0.4 is 5.32 Å². The Kier molecular flexibility index (Phi) is 4.12. The van der Waals surface area contributed by atoms with Gasteiger partial charge in [-0.25, -0.2) is 0 Å². The fraction of sp³-hybridized carbons (Fsp3) is 0.824. The molecule has 4 rings (SSSR count). The summed E-state index contributed by atoms with van der Waals surface area (Å²) < 4.78 is 2.19. The molecular formula is C17H26N4OS. The van der Waals surface area contributed by atoms with Gasteiger partial charge >= 0.3 is 0 Å². The van der Waals surface area contributed by atoms with Crippen molar-refractivity contribution in [1.82, 2.24) is 20.1 Å². The molecule has 5 nitrogen and oxygen atoms in total. The number of aryl methyl sites for hydroxylation is 1. The number of thioether (sulfide) groups is 1. The van der Waals surface area contributed by atoms with Crippen molar-refractivity contribution in [1.29, 1.82) is 0 Å². The average molecular weight is 334 g/mol. The lowest BCUT2D eigenvalue weighted by atomic mass is 9.84. The van der Waals surface area contributed by atoms with Crippen LogP contribution in [0, 0.1) is 24.7 Å².